The highest BCUT2D eigenvalue weighted by atomic mass is 31.2. The van der Waals surface area contributed by atoms with Crippen molar-refractivity contribution in [3.05, 3.63) is 43.0 Å². The number of rotatable bonds is 7. The molecule has 1 aromatic carbocycles. The average molecular weight is 440 g/mol. The molecule has 0 bridgehead atoms. The van der Waals surface area contributed by atoms with E-state index in [1.807, 2.05) is 19.9 Å². The SMILES string of the molecule is C=CCC(C)(C)OC[C@H]1O[P@](=O)(Oc2ccccc2)O[C@@H]2[C@H]3OC(C)(C)O[C@H]3O[C@@H]21. The maximum atomic E-state index is 13.5. The van der Waals surface area contributed by atoms with E-state index in [2.05, 4.69) is 6.58 Å². The molecule has 9 heteroatoms. The van der Waals surface area contributed by atoms with Gasteiger partial charge in [-0.1, -0.05) is 24.3 Å². The molecule has 8 nitrogen and oxygen atoms in total. The molecule has 3 fully saturated rings. The van der Waals surface area contributed by atoms with Gasteiger partial charge in [0.2, 0.25) is 0 Å². The Morgan fingerprint density at radius 2 is 1.87 bits per heavy atom. The van der Waals surface area contributed by atoms with Crippen molar-refractivity contribution < 1.29 is 37.1 Å². The fourth-order valence-corrected chi connectivity index (χ4v) is 5.38. The van der Waals surface area contributed by atoms with E-state index in [4.69, 9.17) is 32.5 Å². The Kier molecular flexibility index (Phi) is 5.87. The van der Waals surface area contributed by atoms with Gasteiger partial charge in [-0.2, -0.15) is 0 Å². The van der Waals surface area contributed by atoms with E-state index in [1.165, 1.54) is 0 Å². The zero-order valence-electron chi connectivity index (χ0n) is 17.7. The first kappa shape index (κ1) is 22.0. The lowest BCUT2D eigenvalue weighted by molar-refractivity contribution is -0.235. The van der Waals surface area contributed by atoms with Crippen molar-refractivity contribution in [1.82, 2.24) is 0 Å². The number of ether oxygens (including phenoxy) is 4. The number of hydrogen-bond donors (Lipinski definition) is 0. The topological polar surface area (TPSA) is 81.7 Å². The van der Waals surface area contributed by atoms with Crippen LogP contribution in [-0.4, -0.2) is 48.7 Å². The highest BCUT2D eigenvalue weighted by molar-refractivity contribution is 7.49. The number of fused-ring (bicyclic) bond motifs is 3. The Hall–Kier alpha value is -1.25. The molecule has 0 spiro atoms. The molecule has 0 aliphatic carbocycles. The molecule has 6 atom stereocenters. The molecule has 0 N–H and O–H groups in total. The first-order valence-corrected chi connectivity index (χ1v) is 11.5. The number of benzene rings is 1. The minimum Gasteiger partial charge on any atom is -0.404 e. The summed E-state index contributed by atoms with van der Waals surface area (Å²) in [5, 5.41) is 0. The maximum Gasteiger partial charge on any atom is 0.530 e. The average Bonchev–Trinajstić information content (AvgIpc) is 3.12. The second kappa shape index (κ2) is 8.02. The quantitative estimate of drug-likeness (QED) is 0.461. The van der Waals surface area contributed by atoms with Crippen LogP contribution in [0.3, 0.4) is 0 Å². The van der Waals surface area contributed by atoms with E-state index in [1.54, 1.807) is 44.2 Å². The molecule has 166 valence electrons. The van der Waals surface area contributed by atoms with Gasteiger partial charge in [-0.15, -0.1) is 6.58 Å². The third kappa shape index (κ3) is 4.65. The molecule has 0 unspecified atom stereocenters. The normalized spacial score (nSPS) is 37.4. The van der Waals surface area contributed by atoms with Gasteiger partial charge < -0.3 is 23.5 Å². The molecule has 0 amide bonds. The molecule has 3 aliphatic rings. The number of hydrogen-bond acceptors (Lipinski definition) is 8. The highest BCUT2D eigenvalue weighted by Crippen LogP contribution is 2.59. The van der Waals surface area contributed by atoms with Crippen LogP contribution < -0.4 is 4.52 Å². The first-order chi connectivity index (χ1) is 14.1. The Morgan fingerprint density at radius 3 is 2.57 bits per heavy atom. The van der Waals surface area contributed by atoms with Gasteiger partial charge in [0.05, 0.1) is 12.2 Å². The predicted octanol–water partition coefficient (Wildman–Crippen LogP) is 4.21. The first-order valence-electron chi connectivity index (χ1n) is 10.1. The van der Waals surface area contributed by atoms with Gasteiger partial charge in [0.25, 0.3) is 0 Å². The van der Waals surface area contributed by atoms with Crippen molar-refractivity contribution in [1.29, 1.82) is 0 Å². The lowest BCUT2D eigenvalue weighted by atomic mass is 10.0. The molecular formula is C21H29O8P. The van der Waals surface area contributed by atoms with E-state index in [9.17, 15) is 4.57 Å². The van der Waals surface area contributed by atoms with Crippen molar-refractivity contribution in [3.8, 4) is 5.75 Å². The predicted molar refractivity (Wildman–Crippen MR) is 108 cm³/mol. The van der Waals surface area contributed by atoms with Crippen LogP contribution >= 0.6 is 7.82 Å². The summed E-state index contributed by atoms with van der Waals surface area (Å²) in [6, 6.07) is 8.75. The van der Waals surface area contributed by atoms with Crippen LogP contribution in [0.5, 0.6) is 5.75 Å². The van der Waals surface area contributed by atoms with Crippen LogP contribution in [0, 0.1) is 0 Å². The molecule has 3 heterocycles. The molecule has 0 aromatic heterocycles. The van der Waals surface area contributed by atoms with Crippen molar-refractivity contribution in [3.63, 3.8) is 0 Å². The zero-order valence-corrected chi connectivity index (χ0v) is 18.6. The minimum atomic E-state index is -3.97. The monoisotopic (exact) mass is 440 g/mol. The van der Waals surface area contributed by atoms with Gasteiger partial charge in [0.15, 0.2) is 12.1 Å². The summed E-state index contributed by atoms with van der Waals surface area (Å²) in [6.45, 7) is 11.4. The van der Waals surface area contributed by atoms with E-state index in [0.717, 1.165) is 0 Å². The summed E-state index contributed by atoms with van der Waals surface area (Å²) in [5.41, 5.74) is -0.466. The molecule has 30 heavy (non-hydrogen) atoms. The second-order valence-electron chi connectivity index (χ2n) is 8.70. The van der Waals surface area contributed by atoms with E-state index in [-0.39, 0.29) is 6.61 Å². The van der Waals surface area contributed by atoms with Gasteiger partial charge in [-0.25, -0.2) is 4.57 Å². The minimum absolute atomic E-state index is 0.135. The van der Waals surface area contributed by atoms with Gasteiger partial charge in [-0.05, 0) is 46.2 Å². The van der Waals surface area contributed by atoms with Crippen LogP contribution in [0.1, 0.15) is 34.1 Å². The summed E-state index contributed by atoms with van der Waals surface area (Å²) in [7, 11) is -3.97. The largest absolute Gasteiger partial charge is 0.530 e. The molecule has 3 aliphatic heterocycles. The summed E-state index contributed by atoms with van der Waals surface area (Å²) in [5.74, 6) is -0.449. The molecular weight excluding hydrogens is 411 g/mol. The van der Waals surface area contributed by atoms with Crippen molar-refractivity contribution >= 4 is 7.82 Å². The van der Waals surface area contributed by atoms with Gasteiger partial charge >= 0.3 is 7.82 Å². The number of para-hydroxylation sites is 1. The second-order valence-corrected chi connectivity index (χ2v) is 10.2. The Labute approximate surface area is 177 Å². The van der Waals surface area contributed by atoms with E-state index >= 15 is 0 Å². The Morgan fingerprint density at radius 1 is 1.13 bits per heavy atom. The van der Waals surface area contributed by atoms with Crippen LogP contribution in [0.4, 0.5) is 0 Å². The van der Waals surface area contributed by atoms with Crippen LogP contribution in [0.2, 0.25) is 0 Å². The summed E-state index contributed by atoms with van der Waals surface area (Å²) in [4.78, 5) is 0. The van der Waals surface area contributed by atoms with Gasteiger partial charge in [0, 0.05) is 0 Å². The van der Waals surface area contributed by atoms with Crippen LogP contribution in [-0.2, 0) is 32.6 Å². The Balaban J connectivity index is 1.56. The molecule has 1 aromatic rings. The summed E-state index contributed by atoms with van der Waals surface area (Å²) in [6.07, 6.45) is -0.709. The lowest BCUT2D eigenvalue weighted by Gasteiger charge is -2.38. The summed E-state index contributed by atoms with van der Waals surface area (Å²) >= 11 is 0. The van der Waals surface area contributed by atoms with Crippen molar-refractivity contribution in [2.45, 2.75) is 76.2 Å². The molecule has 0 radical (unpaired) electrons. The van der Waals surface area contributed by atoms with E-state index in [0.29, 0.717) is 12.2 Å². The smallest absolute Gasteiger partial charge is 0.404 e. The van der Waals surface area contributed by atoms with Crippen molar-refractivity contribution in [2.75, 3.05) is 6.61 Å². The standard InChI is InChI=1S/C21H29O8P/c1-6-12-20(2,3)23-13-15-16-17(18-19(24-16)26-21(4,5)25-18)29-30(22,28-15)27-14-10-8-7-9-11-14/h6-11,15-19H,1,12-13H2,2-5H3/t15-,16-,17+,18-,19-,30+/m1/s1. The number of phosphoric ester groups is 1. The number of phosphoric acid groups is 1. The fraction of sp³-hybridized carbons (Fsp3) is 0.619. The van der Waals surface area contributed by atoms with Crippen molar-refractivity contribution in [2.24, 2.45) is 0 Å². The Bertz CT molecular complexity index is 810. The molecule has 3 saturated heterocycles. The fourth-order valence-electron chi connectivity index (χ4n) is 3.82. The van der Waals surface area contributed by atoms with Crippen LogP contribution in [0.15, 0.2) is 43.0 Å². The third-order valence-electron chi connectivity index (χ3n) is 5.14. The molecule has 0 saturated carbocycles. The maximum absolute atomic E-state index is 13.5. The van der Waals surface area contributed by atoms with Gasteiger partial charge in [0.1, 0.15) is 30.2 Å². The molecule has 4 rings (SSSR count). The zero-order chi connectivity index (χ0) is 21.6. The van der Waals surface area contributed by atoms with E-state index < -0.39 is 49.9 Å². The summed E-state index contributed by atoms with van der Waals surface area (Å²) < 4.78 is 54.6. The lowest BCUT2D eigenvalue weighted by Crippen LogP contribution is -2.49. The highest BCUT2D eigenvalue weighted by Gasteiger charge is 2.63. The third-order valence-corrected chi connectivity index (χ3v) is 6.61. The van der Waals surface area contributed by atoms with Crippen LogP contribution in [0.25, 0.3) is 0 Å². The van der Waals surface area contributed by atoms with Gasteiger partial charge in [-0.3, -0.25) is 9.05 Å².